The van der Waals surface area contributed by atoms with Crippen LogP contribution in [-0.4, -0.2) is 35.1 Å². The van der Waals surface area contributed by atoms with Gasteiger partial charge < -0.3 is 11.1 Å². The van der Waals surface area contributed by atoms with Gasteiger partial charge in [0.1, 0.15) is 22.9 Å². The standard InChI is InChI=1S/C20H16N4O.C19H16N4/c1-14-5-4-8-18(23-14)17-7-3-2-6-16(17)15-9-10-19-21-11-20(22-13-25)24(19)12-15;1-13-5-4-8-17(22-13)16-7-3-2-6-15(16)14-9-10-19-21-11-18(20)23(19)12-14/h2-13H,1H3,(H,22,25);2-12H,20H2,1H3. The SMILES string of the molecule is Cc1cccc(-c2ccccc2-c2ccc3ncc(N)n3c2)n1.Cc1cccc(-c2ccccc2-c2ccc3ncc(NC=O)n3c2)n1. The number of amides is 1. The normalized spacial score (nSPS) is 10.9. The Kier molecular flexibility index (Phi) is 8.15. The van der Waals surface area contributed by atoms with Gasteiger partial charge in [-0.3, -0.25) is 23.6 Å². The average molecular weight is 629 g/mol. The fraction of sp³-hybridized carbons (Fsp3) is 0.0513. The molecule has 234 valence electrons. The number of carbonyl (C=O) groups is 1. The average Bonchev–Trinajstić information content (AvgIpc) is 3.70. The van der Waals surface area contributed by atoms with Crippen LogP contribution in [0.4, 0.5) is 11.6 Å². The van der Waals surface area contributed by atoms with Crippen LogP contribution in [0.5, 0.6) is 0 Å². The number of nitrogens with two attached hydrogens (primary N) is 1. The summed E-state index contributed by atoms with van der Waals surface area (Å²) in [6, 6.07) is 36.5. The van der Waals surface area contributed by atoms with Crippen LogP contribution < -0.4 is 11.1 Å². The van der Waals surface area contributed by atoms with Crippen molar-refractivity contribution < 1.29 is 4.79 Å². The first-order valence-electron chi connectivity index (χ1n) is 15.5. The second kappa shape index (κ2) is 13.0. The highest BCUT2D eigenvalue weighted by Crippen LogP contribution is 2.33. The van der Waals surface area contributed by atoms with Crippen molar-refractivity contribution in [3.8, 4) is 44.8 Å². The maximum atomic E-state index is 10.8. The zero-order valence-electron chi connectivity index (χ0n) is 26.4. The van der Waals surface area contributed by atoms with Crippen LogP contribution in [0.1, 0.15) is 11.4 Å². The van der Waals surface area contributed by atoms with E-state index in [1.165, 1.54) is 0 Å². The Labute approximate surface area is 277 Å². The highest BCUT2D eigenvalue weighted by Gasteiger charge is 2.12. The van der Waals surface area contributed by atoms with Crippen molar-refractivity contribution in [1.29, 1.82) is 0 Å². The summed E-state index contributed by atoms with van der Waals surface area (Å²) in [5, 5.41) is 2.67. The number of aryl methyl sites for hydroxylation is 2. The van der Waals surface area contributed by atoms with Crippen molar-refractivity contribution in [1.82, 2.24) is 28.7 Å². The summed E-state index contributed by atoms with van der Waals surface area (Å²) in [4.78, 5) is 28.7. The lowest BCUT2D eigenvalue weighted by Crippen LogP contribution is -1.98. The number of fused-ring (bicyclic) bond motifs is 2. The first-order valence-corrected chi connectivity index (χ1v) is 15.5. The van der Waals surface area contributed by atoms with E-state index in [9.17, 15) is 4.79 Å². The minimum absolute atomic E-state index is 0.632. The third kappa shape index (κ3) is 6.00. The predicted molar refractivity (Wildman–Crippen MR) is 191 cm³/mol. The molecule has 0 saturated carbocycles. The molecule has 6 aromatic heterocycles. The van der Waals surface area contributed by atoms with Gasteiger partial charge in [-0.2, -0.15) is 0 Å². The Morgan fingerprint density at radius 1 is 0.583 bits per heavy atom. The van der Waals surface area contributed by atoms with Crippen molar-refractivity contribution in [2.45, 2.75) is 13.8 Å². The fourth-order valence-corrected chi connectivity index (χ4v) is 5.77. The Bertz CT molecular complexity index is 2410. The summed E-state index contributed by atoms with van der Waals surface area (Å²) in [6.45, 7) is 3.99. The topological polar surface area (TPSA) is 115 Å². The highest BCUT2D eigenvalue weighted by molar-refractivity contribution is 5.83. The van der Waals surface area contributed by atoms with Crippen LogP contribution in [-0.2, 0) is 4.79 Å². The molecule has 0 aliphatic heterocycles. The molecule has 0 fully saturated rings. The Morgan fingerprint density at radius 3 is 1.62 bits per heavy atom. The molecule has 2 aromatic carbocycles. The Morgan fingerprint density at radius 2 is 1.08 bits per heavy atom. The predicted octanol–water partition coefficient (Wildman–Crippen LogP) is 7.89. The van der Waals surface area contributed by atoms with E-state index in [-0.39, 0.29) is 0 Å². The second-order valence-corrected chi connectivity index (χ2v) is 11.3. The van der Waals surface area contributed by atoms with E-state index in [4.69, 9.17) is 5.73 Å². The minimum Gasteiger partial charge on any atom is -0.383 e. The molecule has 0 bridgehead atoms. The molecule has 6 heterocycles. The van der Waals surface area contributed by atoms with Crippen LogP contribution in [0.2, 0.25) is 0 Å². The number of anilines is 2. The summed E-state index contributed by atoms with van der Waals surface area (Å²) in [7, 11) is 0. The molecule has 9 heteroatoms. The van der Waals surface area contributed by atoms with Crippen LogP contribution >= 0.6 is 0 Å². The third-order valence-corrected chi connectivity index (χ3v) is 8.05. The third-order valence-electron chi connectivity index (χ3n) is 8.05. The summed E-state index contributed by atoms with van der Waals surface area (Å²) in [5.41, 5.74) is 18.0. The number of hydrogen-bond donors (Lipinski definition) is 2. The summed E-state index contributed by atoms with van der Waals surface area (Å²) in [6.07, 6.45) is 7.96. The summed E-state index contributed by atoms with van der Waals surface area (Å²) in [5.74, 6) is 1.27. The van der Waals surface area contributed by atoms with E-state index < -0.39 is 0 Å². The molecule has 0 aliphatic carbocycles. The molecule has 1 amide bonds. The number of imidazole rings is 2. The van der Waals surface area contributed by atoms with E-state index in [1.807, 2.05) is 114 Å². The molecule has 9 nitrogen and oxygen atoms in total. The van der Waals surface area contributed by atoms with Crippen LogP contribution in [0.3, 0.4) is 0 Å². The van der Waals surface area contributed by atoms with Gasteiger partial charge >= 0.3 is 0 Å². The van der Waals surface area contributed by atoms with Gasteiger partial charge in [-0.15, -0.1) is 0 Å². The number of benzene rings is 2. The number of aromatic nitrogens is 6. The number of pyridine rings is 4. The number of nitrogen functional groups attached to an aromatic ring is 1. The van der Waals surface area contributed by atoms with Gasteiger partial charge in [-0.25, -0.2) is 9.97 Å². The van der Waals surface area contributed by atoms with Gasteiger partial charge in [-0.05, 0) is 84.6 Å². The molecule has 0 aliphatic rings. The molecule has 8 aromatic rings. The van der Waals surface area contributed by atoms with Gasteiger partial charge in [0.05, 0.1) is 23.8 Å². The van der Waals surface area contributed by atoms with Gasteiger partial charge in [-0.1, -0.05) is 60.7 Å². The maximum absolute atomic E-state index is 10.8. The first-order chi connectivity index (χ1) is 23.5. The lowest BCUT2D eigenvalue weighted by Gasteiger charge is -2.11. The van der Waals surface area contributed by atoms with Crippen molar-refractivity contribution in [3.05, 3.63) is 145 Å². The molecule has 0 radical (unpaired) electrons. The molecule has 48 heavy (non-hydrogen) atoms. The van der Waals surface area contributed by atoms with Gasteiger partial charge in [0.15, 0.2) is 0 Å². The van der Waals surface area contributed by atoms with Crippen molar-refractivity contribution in [2.24, 2.45) is 0 Å². The molecule has 8 rings (SSSR count). The van der Waals surface area contributed by atoms with Gasteiger partial charge in [0, 0.05) is 34.9 Å². The quantitative estimate of drug-likeness (QED) is 0.181. The van der Waals surface area contributed by atoms with Gasteiger partial charge in [0.25, 0.3) is 0 Å². The zero-order chi connectivity index (χ0) is 33.0. The van der Waals surface area contributed by atoms with Crippen molar-refractivity contribution in [2.75, 3.05) is 11.1 Å². The molecule has 0 saturated heterocycles. The highest BCUT2D eigenvalue weighted by atomic mass is 16.1. The second-order valence-electron chi connectivity index (χ2n) is 11.3. The molecule has 3 N–H and O–H groups in total. The smallest absolute Gasteiger partial charge is 0.212 e. The Balaban J connectivity index is 0.000000152. The number of hydrogen-bond acceptors (Lipinski definition) is 6. The number of carbonyl (C=O) groups excluding carboxylic acids is 1. The van der Waals surface area contributed by atoms with E-state index in [2.05, 4.69) is 55.6 Å². The van der Waals surface area contributed by atoms with Crippen LogP contribution in [0, 0.1) is 13.8 Å². The summed E-state index contributed by atoms with van der Waals surface area (Å²) < 4.78 is 3.76. The molecule has 0 atom stereocenters. The molecular formula is C39H32N8O. The first kappa shape index (κ1) is 30.1. The maximum Gasteiger partial charge on any atom is 0.212 e. The van der Waals surface area contributed by atoms with E-state index in [0.717, 1.165) is 67.5 Å². The Hall–Kier alpha value is -6.61. The number of nitrogens with one attached hydrogen (secondary N) is 1. The van der Waals surface area contributed by atoms with Crippen LogP contribution in [0.25, 0.3) is 56.1 Å². The largest absolute Gasteiger partial charge is 0.383 e. The van der Waals surface area contributed by atoms with E-state index in [0.29, 0.717) is 18.0 Å². The molecule has 0 spiro atoms. The lowest BCUT2D eigenvalue weighted by atomic mass is 9.98. The lowest BCUT2D eigenvalue weighted by molar-refractivity contribution is -0.105. The number of nitrogens with zero attached hydrogens (tertiary/aromatic N) is 6. The molecule has 0 unspecified atom stereocenters. The van der Waals surface area contributed by atoms with Gasteiger partial charge in [0.2, 0.25) is 6.41 Å². The van der Waals surface area contributed by atoms with E-state index >= 15 is 0 Å². The zero-order valence-corrected chi connectivity index (χ0v) is 26.4. The van der Waals surface area contributed by atoms with Crippen LogP contribution in [0.15, 0.2) is 134 Å². The fourth-order valence-electron chi connectivity index (χ4n) is 5.77. The monoisotopic (exact) mass is 628 g/mol. The van der Waals surface area contributed by atoms with E-state index in [1.54, 1.807) is 12.4 Å². The number of rotatable bonds is 6. The molecular weight excluding hydrogens is 596 g/mol. The summed E-state index contributed by atoms with van der Waals surface area (Å²) >= 11 is 0. The van der Waals surface area contributed by atoms with Crippen molar-refractivity contribution in [3.63, 3.8) is 0 Å². The minimum atomic E-state index is 0.632. The van der Waals surface area contributed by atoms with Crippen molar-refractivity contribution >= 4 is 29.3 Å².